The van der Waals surface area contributed by atoms with Crippen LogP contribution in [0.3, 0.4) is 0 Å². The van der Waals surface area contributed by atoms with E-state index in [4.69, 9.17) is 0 Å². The van der Waals surface area contributed by atoms with Crippen LogP contribution < -0.4 is 0 Å². The molecule has 1 aromatic carbocycles. The van der Waals surface area contributed by atoms with Crippen molar-refractivity contribution in [2.75, 3.05) is 0 Å². The largest absolute Gasteiger partial charge is 0.103 e. The van der Waals surface area contributed by atoms with Crippen molar-refractivity contribution in [1.82, 2.24) is 0 Å². The molecule has 0 N–H and O–H groups in total. The minimum atomic E-state index is 0.442. The monoisotopic (exact) mass is 210 g/mol. The molecule has 0 saturated carbocycles. The fourth-order valence-electron chi connectivity index (χ4n) is 2.43. The Morgan fingerprint density at radius 3 is 2.75 bits per heavy atom. The highest BCUT2D eigenvalue weighted by molar-refractivity contribution is 5.67. The van der Waals surface area contributed by atoms with E-state index in [9.17, 15) is 0 Å². The van der Waals surface area contributed by atoms with Crippen LogP contribution in [0.5, 0.6) is 0 Å². The SMILES string of the molecule is C=CC[C@H]1C([C@@H](C)C=C)=Cc2ccccc21. The highest BCUT2D eigenvalue weighted by Crippen LogP contribution is 2.42. The van der Waals surface area contributed by atoms with Crippen molar-refractivity contribution in [2.24, 2.45) is 5.92 Å². The molecule has 0 spiro atoms. The van der Waals surface area contributed by atoms with Gasteiger partial charge in [-0.3, -0.25) is 0 Å². The van der Waals surface area contributed by atoms with E-state index in [1.807, 2.05) is 12.2 Å². The van der Waals surface area contributed by atoms with Gasteiger partial charge >= 0.3 is 0 Å². The lowest BCUT2D eigenvalue weighted by atomic mass is 9.86. The van der Waals surface area contributed by atoms with Crippen LogP contribution in [0.25, 0.3) is 6.08 Å². The Labute approximate surface area is 98.0 Å². The summed E-state index contributed by atoms with van der Waals surface area (Å²) in [6.45, 7) is 9.97. The predicted molar refractivity (Wildman–Crippen MR) is 71.3 cm³/mol. The lowest BCUT2D eigenvalue weighted by Crippen LogP contribution is -2.03. The Kier molecular flexibility index (Phi) is 3.09. The van der Waals surface area contributed by atoms with Crippen molar-refractivity contribution >= 4 is 6.08 Å². The van der Waals surface area contributed by atoms with Crippen LogP contribution >= 0.6 is 0 Å². The summed E-state index contributed by atoms with van der Waals surface area (Å²) < 4.78 is 0. The van der Waals surface area contributed by atoms with E-state index in [2.05, 4.69) is 50.4 Å². The zero-order chi connectivity index (χ0) is 11.5. The van der Waals surface area contributed by atoms with Gasteiger partial charge in [-0.15, -0.1) is 13.2 Å². The summed E-state index contributed by atoms with van der Waals surface area (Å²) in [4.78, 5) is 0. The molecule has 0 unspecified atom stereocenters. The van der Waals surface area contributed by atoms with Crippen molar-refractivity contribution in [2.45, 2.75) is 19.3 Å². The van der Waals surface area contributed by atoms with Gasteiger partial charge in [-0.25, -0.2) is 0 Å². The smallest absolute Gasteiger partial charge is 0.00976 e. The summed E-state index contributed by atoms with van der Waals surface area (Å²) in [7, 11) is 0. The molecule has 16 heavy (non-hydrogen) atoms. The van der Waals surface area contributed by atoms with E-state index in [-0.39, 0.29) is 0 Å². The van der Waals surface area contributed by atoms with Crippen LogP contribution in [0.2, 0.25) is 0 Å². The minimum Gasteiger partial charge on any atom is -0.103 e. The molecule has 1 aliphatic carbocycles. The second kappa shape index (κ2) is 4.52. The molecule has 0 amide bonds. The Hall–Kier alpha value is -1.56. The Morgan fingerprint density at radius 2 is 2.06 bits per heavy atom. The van der Waals surface area contributed by atoms with Gasteiger partial charge in [0.2, 0.25) is 0 Å². The first-order valence-electron chi connectivity index (χ1n) is 5.81. The predicted octanol–water partition coefficient (Wildman–Crippen LogP) is 4.57. The molecule has 82 valence electrons. The molecule has 1 aromatic rings. The van der Waals surface area contributed by atoms with Crippen LogP contribution in [0.1, 0.15) is 30.4 Å². The summed E-state index contributed by atoms with van der Waals surface area (Å²) in [5.74, 6) is 0.944. The normalized spacial score (nSPS) is 19.8. The average Bonchev–Trinajstić information content (AvgIpc) is 2.68. The van der Waals surface area contributed by atoms with Gasteiger partial charge in [-0.05, 0) is 23.5 Å². The van der Waals surface area contributed by atoms with Crippen molar-refractivity contribution in [3.63, 3.8) is 0 Å². The summed E-state index contributed by atoms with van der Waals surface area (Å²) in [5, 5.41) is 0. The van der Waals surface area contributed by atoms with E-state index < -0.39 is 0 Å². The maximum atomic E-state index is 3.90. The second-order valence-corrected chi connectivity index (χ2v) is 4.37. The summed E-state index contributed by atoms with van der Waals surface area (Å²) in [5.41, 5.74) is 4.26. The van der Waals surface area contributed by atoms with Crippen LogP contribution in [0.15, 0.2) is 55.1 Å². The van der Waals surface area contributed by atoms with Gasteiger partial charge in [0.25, 0.3) is 0 Å². The zero-order valence-corrected chi connectivity index (χ0v) is 9.82. The molecule has 0 nitrogen and oxygen atoms in total. The van der Waals surface area contributed by atoms with Crippen molar-refractivity contribution in [3.05, 3.63) is 66.3 Å². The van der Waals surface area contributed by atoms with Crippen LogP contribution in [0.4, 0.5) is 0 Å². The summed E-state index contributed by atoms with van der Waals surface area (Å²) in [6, 6.07) is 8.63. The molecule has 0 aliphatic heterocycles. The van der Waals surface area contributed by atoms with Gasteiger partial charge in [0, 0.05) is 5.92 Å². The second-order valence-electron chi connectivity index (χ2n) is 4.37. The molecule has 0 heteroatoms. The van der Waals surface area contributed by atoms with Gasteiger partial charge in [0.15, 0.2) is 0 Å². The standard InChI is InChI=1S/C16H18/c1-4-8-15-14-10-7-6-9-13(14)11-16(15)12(3)5-2/h4-7,9-12,15H,1-2,8H2,3H3/t12-,15+/m0/s1. The van der Waals surface area contributed by atoms with E-state index in [0.29, 0.717) is 11.8 Å². The third-order valence-electron chi connectivity index (χ3n) is 3.38. The first kappa shape index (κ1) is 10.9. The highest BCUT2D eigenvalue weighted by atomic mass is 14.3. The number of hydrogen-bond acceptors (Lipinski definition) is 0. The molecular formula is C16H18. The number of allylic oxidation sites excluding steroid dienone is 3. The van der Waals surface area contributed by atoms with E-state index in [0.717, 1.165) is 6.42 Å². The number of rotatable bonds is 4. The van der Waals surface area contributed by atoms with E-state index in [1.165, 1.54) is 16.7 Å². The van der Waals surface area contributed by atoms with Gasteiger partial charge in [-0.1, -0.05) is 55.0 Å². The molecule has 2 atom stereocenters. The third-order valence-corrected chi connectivity index (χ3v) is 3.38. The molecule has 0 fully saturated rings. The van der Waals surface area contributed by atoms with Crippen LogP contribution in [-0.4, -0.2) is 0 Å². The van der Waals surface area contributed by atoms with E-state index in [1.54, 1.807) is 0 Å². The molecule has 0 saturated heterocycles. The fourth-order valence-corrected chi connectivity index (χ4v) is 2.43. The number of benzene rings is 1. The first-order chi connectivity index (χ1) is 7.77. The molecule has 2 rings (SSSR count). The van der Waals surface area contributed by atoms with Crippen molar-refractivity contribution in [3.8, 4) is 0 Å². The quantitative estimate of drug-likeness (QED) is 0.639. The average molecular weight is 210 g/mol. The molecule has 0 aromatic heterocycles. The number of hydrogen-bond donors (Lipinski definition) is 0. The van der Waals surface area contributed by atoms with Gasteiger partial charge < -0.3 is 0 Å². The molecule has 0 radical (unpaired) electrons. The maximum Gasteiger partial charge on any atom is 0.00976 e. The zero-order valence-electron chi connectivity index (χ0n) is 9.82. The van der Waals surface area contributed by atoms with E-state index >= 15 is 0 Å². The maximum absolute atomic E-state index is 3.90. The van der Waals surface area contributed by atoms with Crippen LogP contribution in [-0.2, 0) is 0 Å². The molecule has 0 heterocycles. The van der Waals surface area contributed by atoms with Gasteiger partial charge in [0.05, 0.1) is 0 Å². The molecule has 0 bridgehead atoms. The van der Waals surface area contributed by atoms with Gasteiger partial charge in [0.1, 0.15) is 0 Å². The summed E-state index contributed by atoms with van der Waals surface area (Å²) in [6.07, 6.45) is 7.36. The topological polar surface area (TPSA) is 0 Å². The molecular weight excluding hydrogens is 192 g/mol. The Bertz CT molecular complexity index is 437. The third kappa shape index (κ3) is 1.76. The van der Waals surface area contributed by atoms with Crippen molar-refractivity contribution < 1.29 is 0 Å². The Balaban J connectivity index is 2.41. The van der Waals surface area contributed by atoms with Gasteiger partial charge in [-0.2, -0.15) is 0 Å². The minimum absolute atomic E-state index is 0.442. The van der Waals surface area contributed by atoms with Crippen LogP contribution in [0, 0.1) is 5.92 Å². The van der Waals surface area contributed by atoms with Crippen molar-refractivity contribution in [1.29, 1.82) is 0 Å². The molecule has 1 aliphatic rings. The fraction of sp³-hybridized carbons (Fsp3) is 0.250. The lowest BCUT2D eigenvalue weighted by Gasteiger charge is -2.18. The summed E-state index contributed by atoms with van der Waals surface area (Å²) >= 11 is 0. The highest BCUT2D eigenvalue weighted by Gasteiger charge is 2.25. The Morgan fingerprint density at radius 1 is 1.31 bits per heavy atom. The lowest BCUT2D eigenvalue weighted by molar-refractivity contribution is 0.719. The number of fused-ring (bicyclic) bond motifs is 1. The first-order valence-corrected chi connectivity index (χ1v) is 5.81.